The lowest BCUT2D eigenvalue weighted by molar-refractivity contribution is 0.216. The second-order valence-corrected chi connectivity index (χ2v) is 10.2. The molecule has 0 atom stereocenters. The molecule has 0 spiro atoms. The van der Waals surface area contributed by atoms with Crippen LogP contribution >= 0.6 is 0 Å². The molecule has 0 radical (unpaired) electrons. The molecule has 0 saturated carbocycles. The summed E-state index contributed by atoms with van der Waals surface area (Å²) >= 11 is 0. The van der Waals surface area contributed by atoms with Crippen LogP contribution in [0.25, 0.3) is 32.6 Å². The molecule has 4 aromatic carbocycles. The number of fused-ring (bicyclic) bond motifs is 3. The maximum atomic E-state index is 13.2. The van der Waals surface area contributed by atoms with Gasteiger partial charge in [-0.1, -0.05) is 48.5 Å². The highest BCUT2D eigenvalue weighted by molar-refractivity contribution is 7.92. The van der Waals surface area contributed by atoms with Gasteiger partial charge in [0.15, 0.2) is 0 Å². The Morgan fingerprint density at radius 3 is 2.03 bits per heavy atom. The zero-order valence-electron chi connectivity index (χ0n) is 19.8. The van der Waals surface area contributed by atoms with Gasteiger partial charge in [-0.05, 0) is 53.9 Å². The van der Waals surface area contributed by atoms with E-state index in [4.69, 9.17) is 4.74 Å². The lowest BCUT2D eigenvalue weighted by atomic mass is 10.1. The third-order valence-electron chi connectivity index (χ3n) is 6.07. The molecule has 186 valence electrons. The zero-order chi connectivity index (χ0) is 26.1. The Hall–Kier alpha value is -5.02. The van der Waals surface area contributed by atoms with E-state index in [-0.39, 0.29) is 4.90 Å². The second kappa shape index (κ2) is 9.45. The number of para-hydroxylation sites is 2. The predicted octanol–water partition coefficient (Wildman–Crippen LogP) is 6.35. The van der Waals surface area contributed by atoms with Crippen LogP contribution in [0.1, 0.15) is 0 Å². The van der Waals surface area contributed by atoms with Crippen molar-refractivity contribution in [1.29, 1.82) is 0 Å². The average molecular weight is 521 g/mol. The van der Waals surface area contributed by atoms with Crippen LogP contribution in [0.5, 0.6) is 5.75 Å². The van der Waals surface area contributed by atoms with Crippen LogP contribution in [-0.4, -0.2) is 24.5 Å². The first-order valence-electron chi connectivity index (χ1n) is 11.7. The van der Waals surface area contributed by atoms with Gasteiger partial charge in [0.25, 0.3) is 10.0 Å². The van der Waals surface area contributed by atoms with E-state index in [1.54, 1.807) is 60.9 Å². The third kappa shape index (κ3) is 4.46. The molecular weight excluding hydrogens is 500 g/mol. The van der Waals surface area contributed by atoms with Crippen LogP contribution < -0.4 is 14.8 Å². The molecule has 38 heavy (non-hydrogen) atoms. The Balaban J connectivity index is 1.27. The number of benzene rings is 4. The van der Waals surface area contributed by atoms with Gasteiger partial charge in [-0.2, -0.15) is 0 Å². The number of carbonyl (C=O) groups excluding carboxylic acids is 1. The van der Waals surface area contributed by atoms with Gasteiger partial charge < -0.3 is 4.74 Å². The van der Waals surface area contributed by atoms with Crippen molar-refractivity contribution in [2.75, 3.05) is 10.0 Å². The Morgan fingerprint density at radius 1 is 0.684 bits per heavy atom. The number of amides is 1. The summed E-state index contributed by atoms with van der Waals surface area (Å²) < 4.78 is 34.7. The molecular formula is C29H20N4O4S. The lowest BCUT2D eigenvalue weighted by Gasteiger charge is -2.13. The number of aromatic nitrogens is 2. The summed E-state index contributed by atoms with van der Waals surface area (Å²) in [6.07, 6.45) is 2.59. The van der Waals surface area contributed by atoms with E-state index in [0.29, 0.717) is 38.9 Å². The van der Waals surface area contributed by atoms with E-state index < -0.39 is 16.1 Å². The first-order valence-corrected chi connectivity index (χ1v) is 13.2. The van der Waals surface area contributed by atoms with E-state index in [0.717, 1.165) is 10.8 Å². The Labute approximate surface area is 218 Å². The largest absolute Gasteiger partial charge is 0.417 e. The number of hydrogen-bond donors (Lipinski definition) is 2. The number of sulfonamides is 1. The van der Waals surface area contributed by atoms with E-state index in [2.05, 4.69) is 20.0 Å². The topological polar surface area (TPSA) is 110 Å². The number of pyridine rings is 2. The summed E-state index contributed by atoms with van der Waals surface area (Å²) in [4.78, 5) is 21.4. The monoisotopic (exact) mass is 520 g/mol. The summed E-state index contributed by atoms with van der Waals surface area (Å²) in [5.41, 5.74) is 2.12. The smallest absolute Gasteiger partial charge is 0.409 e. The van der Waals surface area contributed by atoms with Gasteiger partial charge in [0.2, 0.25) is 0 Å². The molecule has 2 N–H and O–H groups in total. The number of rotatable bonds is 5. The van der Waals surface area contributed by atoms with Crippen molar-refractivity contribution in [2.24, 2.45) is 0 Å². The number of hydrogen-bond acceptors (Lipinski definition) is 6. The molecule has 0 unspecified atom stereocenters. The van der Waals surface area contributed by atoms with Gasteiger partial charge in [-0.15, -0.1) is 0 Å². The lowest BCUT2D eigenvalue weighted by Crippen LogP contribution is -2.17. The van der Waals surface area contributed by atoms with Crippen LogP contribution in [0.15, 0.2) is 114 Å². The second-order valence-electron chi connectivity index (χ2n) is 8.52. The molecule has 1 amide bonds. The van der Waals surface area contributed by atoms with Gasteiger partial charge in [0.05, 0.1) is 27.3 Å². The van der Waals surface area contributed by atoms with Gasteiger partial charge >= 0.3 is 6.09 Å². The van der Waals surface area contributed by atoms with Gasteiger partial charge in [-0.3, -0.25) is 20.0 Å². The van der Waals surface area contributed by atoms with Crippen LogP contribution in [0, 0.1) is 0 Å². The quantitative estimate of drug-likeness (QED) is 0.274. The molecule has 0 aliphatic carbocycles. The number of nitrogens with zero attached hydrogens (tertiary/aromatic N) is 2. The van der Waals surface area contributed by atoms with Crippen LogP contribution in [0.4, 0.5) is 16.2 Å². The molecule has 0 bridgehead atoms. The fourth-order valence-electron chi connectivity index (χ4n) is 4.32. The number of nitrogens with one attached hydrogen (secondary N) is 2. The van der Waals surface area contributed by atoms with Crippen molar-refractivity contribution < 1.29 is 17.9 Å². The highest BCUT2D eigenvalue weighted by atomic mass is 32.2. The van der Waals surface area contributed by atoms with Crippen molar-refractivity contribution in [3.63, 3.8) is 0 Å². The maximum absolute atomic E-state index is 13.2. The Morgan fingerprint density at radius 2 is 1.29 bits per heavy atom. The average Bonchev–Trinajstić information content (AvgIpc) is 2.93. The van der Waals surface area contributed by atoms with E-state index in [1.807, 2.05) is 36.4 Å². The van der Waals surface area contributed by atoms with Crippen LogP contribution in [0.3, 0.4) is 0 Å². The molecule has 0 saturated heterocycles. The standard InChI is InChI=1S/C29H20N4O4S/c34-29(32-24-11-1-6-19-9-4-16-30-27(19)24)37-26-13-3-8-21-18-22(14-15-23(21)26)38(35,36)33-25-12-2-7-20-10-5-17-31-28(20)25/h1-18,33H,(H,32,34). The van der Waals surface area contributed by atoms with E-state index in [9.17, 15) is 13.2 Å². The summed E-state index contributed by atoms with van der Waals surface area (Å²) in [5, 5.41) is 5.64. The van der Waals surface area contributed by atoms with Gasteiger partial charge in [0, 0.05) is 28.6 Å². The summed E-state index contributed by atoms with van der Waals surface area (Å²) in [6.45, 7) is 0. The molecule has 2 aromatic heterocycles. The van der Waals surface area contributed by atoms with Gasteiger partial charge in [0.1, 0.15) is 5.75 Å². The minimum absolute atomic E-state index is 0.0707. The highest BCUT2D eigenvalue weighted by Gasteiger charge is 2.18. The zero-order valence-corrected chi connectivity index (χ0v) is 20.6. The Bertz CT molecular complexity index is 1950. The van der Waals surface area contributed by atoms with Crippen LogP contribution in [-0.2, 0) is 10.0 Å². The fourth-order valence-corrected chi connectivity index (χ4v) is 5.42. The first kappa shape index (κ1) is 23.4. The van der Waals surface area contributed by atoms with E-state index in [1.165, 1.54) is 12.1 Å². The number of carbonyl (C=O) groups is 1. The summed E-state index contributed by atoms with van der Waals surface area (Å²) in [5.74, 6) is 0.295. The molecule has 0 aliphatic heterocycles. The molecule has 6 rings (SSSR count). The van der Waals surface area contributed by atoms with Crippen molar-refractivity contribution in [1.82, 2.24) is 9.97 Å². The highest BCUT2D eigenvalue weighted by Crippen LogP contribution is 2.30. The molecule has 0 aliphatic rings. The minimum Gasteiger partial charge on any atom is -0.409 e. The van der Waals surface area contributed by atoms with Crippen molar-refractivity contribution >= 4 is 60.1 Å². The van der Waals surface area contributed by atoms with Crippen molar-refractivity contribution in [2.45, 2.75) is 4.90 Å². The molecule has 0 fully saturated rings. The Kier molecular flexibility index (Phi) is 5.82. The van der Waals surface area contributed by atoms with Crippen molar-refractivity contribution in [3.8, 4) is 5.75 Å². The molecule has 9 heteroatoms. The SMILES string of the molecule is O=C(Nc1cccc2cccnc12)Oc1cccc2cc(S(=O)(=O)Nc3cccc4cccnc34)ccc12. The fraction of sp³-hybridized carbons (Fsp3) is 0. The van der Waals surface area contributed by atoms with E-state index >= 15 is 0 Å². The first-order chi connectivity index (χ1) is 18.5. The molecule has 2 heterocycles. The molecule has 8 nitrogen and oxygen atoms in total. The normalized spacial score (nSPS) is 11.5. The van der Waals surface area contributed by atoms with Gasteiger partial charge in [-0.25, -0.2) is 13.2 Å². The number of ether oxygens (including phenoxy) is 1. The summed E-state index contributed by atoms with van der Waals surface area (Å²) in [7, 11) is -3.91. The van der Waals surface area contributed by atoms with Crippen LogP contribution in [0.2, 0.25) is 0 Å². The van der Waals surface area contributed by atoms with Crippen molar-refractivity contribution in [3.05, 3.63) is 109 Å². The minimum atomic E-state index is -3.91. The molecule has 6 aromatic rings. The summed E-state index contributed by atoms with van der Waals surface area (Å²) in [6, 6.07) is 27.9. The maximum Gasteiger partial charge on any atom is 0.417 e. The third-order valence-corrected chi connectivity index (χ3v) is 7.43. The predicted molar refractivity (Wildman–Crippen MR) is 148 cm³/mol. The number of anilines is 2.